The second kappa shape index (κ2) is 7.00. The summed E-state index contributed by atoms with van der Waals surface area (Å²) in [6, 6.07) is 0. The Morgan fingerprint density at radius 1 is 1.30 bits per heavy atom. The van der Waals surface area contributed by atoms with E-state index in [1.807, 2.05) is 0 Å². The van der Waals surface area contributed by atoms with Crippen LogP contribution in [0, 0.1) is 5.92 Å². The molecule has 0 saturated carbocycles. The van der Waals surface area contributed by atoms with Gasteiger partial charge in [0.2, 0.25) is 0 Å². The van der Waals surface area contributed by atoms with E-state index in [9.17, 15) is 0 Å². The van der Waals surface area contributed by atoms with Crippen LogP contribution in [-0.4, -0.2) is 25.5 Å². The van der Waals surface area contributed by atoms with Crippen LogP contribution < -0.4 is 0 Å². The van der Waals surface area contributed by atoms with Gasteiger partial charge in [0.15, 0.2) is 0 Å². The van der Waals surface area contributed by atoms with Gasteiger partial charge in [0.1, 0.15) is 0 Å². The van der Waals surface area contributed by atoms with Crippen molar-refractivity contribution >= 4 is 0 Å². The SMILES string of the molecule is CCCC(C)CN(C)C.F. The fraction of sp³-hybridized carbons (Fsp3) is 1.00. The van der Waals surface area contributed by atoms with Gasteiger partial charge in [0, 0.05) is 6.54 Å². The van der Waals surface area contributed by atoms with Gasteiger partial charge in [0.25, 0.3) is 0 Å². The molecule has 2 heteroatoms. The topological polar surface area (TPSA) is 3.24 Å². The Labute approximate surface area is 63.8 Å². The van der Waals surface area contributed by atoms with Crippen molar-refractivity contribution in [1.82, 2.24) is 4.90 Å². The first-order valence-electron chi connectivity index (χ1n) is 3.81. The van der Waals surface area contributed by atoms with E-state index in [1.165, 1.54) is 19.4 Å². The lowest BCUT2D eigenvalue weighted by molar-refractivity contribution is 0.326. The summed E-state index contributed by atoms with van der Waals surface area (Å²) in [5.41, 5.74) is 0. The molecule has 0 aliphatic rings. The zero-order valence-electron chi connectivity index (χ0n) is 7.55. The highest BCUT2D eigenvalue weighted by molar-refractivity contribution is 4.54. The highest BCUT2D eigenvalue weighted by Crippen LogP contribution is 2.04. The van der Waals surface area contributed by atoms with E-state index in [1.54, 1.807) is 0 Å². The molecule has 0 heterocycles. The van der Waals surface area contributed by atoms with Gasteiger partial charge in [-0.3, -0.25) is 4.70 Å². The molecule has 1 unspecified atom stereocenters. The fourth-order valence-corrected chi connectivity index (χ4v) is 1.21. The number of halogens is 1. The number of hydrogen-bond donors (Lipinski definition) is 0. The van der Waals surface area contributed by atoms with Crippen molar-refractivity contribution < 1.29 is 4.70 Å². The van der Waals surface area contributed by atoms with Crippen LogP contribution in [-0.2, 0) is 0 Å². The zero-order chi connectivity index (χ0) is 7.28. The first-order valence-corrected chi connectivity index (χ1v) is 3.81. The Kier molecular flexibility index (Phi) is 8.79. The zero-order valence-corrected chi connectivity index (χ0v) is 7.55. The minimum absolute atomic E-state index is 0. The molecule has 10 heavy (non-hydrogen) atoms. The van der Waals surface area contributed by atoms with Gasteiger partial charge in [-0.25, -0.2) is 0 Å². The van der Waals surface area contributed by atoms with Crippen molar-refractivity contribution in [3.63, 3.8) is 0 Å². The van der Waals surface area contributed by atoms with Crippen LogP contribution in [0.25, 0.3) is 0 Å². The molecule has 0 rings (SSSR count). The van der Waals surface area contributed by atoms with Gasteiger partial charge in [-0.2, -0.15) is 0 Å². The molecule has 1 nitrogen and oxygen atoms in total. The Balaban J connectivity index is 0. The minimum Gasteiger partial charge on any atom is -0.309 e. The van der Waals surface area contributed by atoms with Crippen LogP contribution in [0.2, 0.25) is 0 Å². The minimum atomic E-state index is 0. The van der Waals surface area contributed by atoms with E-state index < -0.39 is 0 Å². The van der Waals surface area contributed by atoms with Crippen LogP contribution in [0.1, 0.15) is 26.7 Å². The van der Waals surface area contributed by atoms with E-state index in [4.69, 9.17) is 0 Å². The van der Waals surface area contributed by atoms with Gasteiger partial charge in [-0.15, -0.1) is 0 Å². The Morgan fingerprint density at radius 3 is 2.10 bits per heavy atom. The smallest absolute Gasteiger partial charge is 0.0000918 e. The summed E-state index contributed by atoms with van der Waals surface area (Å²) in [6.07, 6.45) is 2.67. The summed E-state index contributed by atoms with van der Waals surface area (Å²) in [5, 5.41) is 0. The van der Waals surface area contributed by atoms with Gasteiger partial charge in [-0.1, -0.05) is 20.3 Å². The van der Waals surface area contributed by atoms with E-state index in [2.05, 4.69) is 32.8 Å². The maximum Gasteiger partial charge on any atom is 0.0000918 e. The molecular weight excluding hydrogens is 129 g/mol. The predicted octanol–water partition coefficient (Wildman–Crippen LogP) is 2.14. The van der Waals surface area contributed by atoms with Crippen molar-refractivity contribution in [2.45, 2.75) is 26.7 Å². The highest BCUT2D eigenvalue weighted by Gasteiger charge is 1.99. The standard InChI is InChI=1S/C8H19N.FH/c1-5-6-8(2)7-9(3)4;/h8H,5-7H2,1-4H3;1H. The lowest BCUT2D eigenvalue weighted by Crippen LogP contribution is -2.19. The average Bonchev–Trinajstić information content (AvgIpc) is 1.63. The highest BCUT2D eigenvalue weighted by atomic mass is 19.0. The quantitative estimate of drug-likeness (QED) is 0.592. The van der Waals surface area contributed by atoms with Crippen molar-refractivity contribution in [1.29, 1.82) is 0 Å². The van der Waals surface area contributed by atoms with Crippen molar-refractivity contribution in [2.24, 2.45) is 5.92 Å². The first-order chi connectivity index (χ1) is 4.16. The Hall–Kier alpha value is -0.110. The largest absolute Gasteiger partial charge is 0.309 e. The predicted molar refractivity (Wildman–Crippen MR) is 45.1 cm³/mol. The summed E-state index contributed by atoms with van der Waals surface area (Å²) in [5.74, 6) is 0.866. The second-order valence-corrected chi connectivity index (χ2v) is 3.16. The van der Waals surface area contributed by atoms with Crippen LogP contribution in [0.5, 0.6) is 0 Å². The Morgan fingerprint density at radius 2 is 1.80 bits per heavy atom. The molecule has 0 amide bonds. The third-order valence-electron chi connectivity index (χ3n) is 1.46. The number of nitrogens with zero attached hydrogens (tertiary/aromatic N) is 1. The number of hydrogen-bond acceptors (Lipinski definition) is 1. The summed E-state index contributed by atoms with van der Waals surface area (Å²) in [7, 11) is 4.26. The van der Waals surface area contributed by atoms with Crippen LogP contribution in [0.4, 0.5) is 4.70 Å². The molecule has 64 valence electrons. The van der Waals surface area contributed by atoms with Gasteiger partial charge < -0.3 is 4.90 Å². The van der Waals surface area contributed by atoms with Gasteiger partial charge >= 0.3 is 0 Å². The van der Waals surface area contributed by atoms with Crippen LogP contribution in [0.15, 0.2) is 0 Å². The lowest BCUT2D eigenvalue weighted by atomic mass is 10.1. The molecule has 0 radical (unpaired) electrons. The van der Waals surface area contributed by atoms with E-state index >= 15 is 0 Å². The molecule has 0 aromatic carbocycles. The van der Waals surface area contributed by atoms with Crippen molar-refractivity contribution in [3.8, 4) is 0 Å². The molecule has 0 aromatic rings. The maximum atomic E-state index is 2.31. The second-order valence-electron chi connectivity index (χ2n) is 3.16. The van der Waals surface area contributed by atoms with E-state index in [0.717, 1.165) is 5.92 Å². The van der Waals surface area contributed by atoms with Crippen LogP contribution in [0.3, 0.4) is 0 Å². The van der Waals surface area contributed by atoms with Gasteiger partial charge in [0.05, 0.1) is 0 Å². The molecule has 0 aliphatic heterocycles. The third kappa shape index (κ3) is 7.89. The summed E-state index contributed by atoms with van der Waals surface area (Å²) >= 11 is 0. The first kappa shape index (κ1) is 12.6. The molecular formula is C8H20FN. The molecule has 0 spiro atoms. The molecule has 0 fully saturated rings. The average molecular weight is 149 g/mol. The Bertz CT molecular complexity index is 64.3. The monoisotopic (exact) mass is 149 g/mol. The van der Waals surface area contributed by atoms with Crippen molar-refractivity contribution in [3.05, 3.63) is 0 Å². The van der Waals surface area contributed by atoms with E-state index in [-0.39, 0.29) is 4.70 Å². The van der Waals surface area contributed by atoms with Crippen LogP contribution >= 0.6 is 0 Å². The molecule has 0 aliphatic carbocycles. The summed E-state index contributed by atoms with van der Waals surface area (Å²) < 4.78 is 0. The molecule has 0 N–H and O–H groups in total. The fourth-order valence-electron chi connectivity index (χ4n) is 1.21. The van der Waals surface area contributed by atoms with Gasteiger partial charge in [-0.05, 0) is 26.4 Å². The maximum absolute atomic E-state index is 2.31. The summed E-state index contributed by atoms with van der Waals surface area (Å²) in [6.45, 7) is 5.78. The molecule has 1 atom stereocenters. The number of rotatable bonds is 4. The molecule has 0 aromatic heterocycles. The van der Waals surface area contributed by atoms with Crippen molar-refractivity contribution in [2.75, 3.05) is 20.6 Å². The molecule has 0 bridgehead atoms. The lowest BCUT2D eigenvalue weighted by Gasteiger charge is -2.15. The normalized spacial score (nSPS) is 12.9. The summed E-state index contributed by atoms with van der Waals surface area (Å²) in [4.78, 5) is 2.25. The third-order valence-corrected chi connectivity index (χ3v) is 1.46. The molecule has 0 saturated heterocycles. The van der Waals surface area contributed by atoms with E-state index in [0.29, 0.717) is 0 Å².